The van der Waals surface area contributed by atoms with Crippen LogP contribution < -0.4 is 14.3 Å². The number of hydrogen-bond acceptors (Lipinski definition) is 6. The van der Waals surface area contributed by atoms with E-state index in [-0.39, 0.29) is 5.91 Å². The monoisotopic (exact) mass is 460 g/mol. The lowest BCUT2D eigenvalue weighted by atomic mass is 10.2. The fraction of sp³-hybridized carbons (Fsp3) is 0.364. The molecule has 158 valence electrons. The highest BCUT2D eigenvalue weighted by atomic mass is 32.2. The summed E-state index contributed by atoms with van der Waals surface area (Å²) in [6, 6.07) is 11.7. The molecule has 0 radical (unpaired) electrons. The SMILES string of the molecule is CSCCn1c(=NC(=O)c2cccc(SC(C)C)c2)sc2cc3c(cc21)OCCO3. The van der Waals surface area contributed by atoms with Crippen molar-refractivity contribution < 1.29 is 14.3 Å². The second-order valence-electron chi connectivity index (χ2n) is 7.10. The highest BCUT2D eigenvalue weighted by molar-refractivity contribution is 8.00. The minimum atomic E-state index is -0.220. The van der Waals surface area contributed by atoms with Crippen molar-refractivity contribution in [3.05, 3.63) is 46.8 Å². The summed E-state index contributed by atoms with van der Waals surface area (Å²) in [5.74, 6) is 2.22. The number of amides is 1. The standard InChI is InChI=1S/C22H24N2O3S3/c1-14(2)29-16-6-4-5-15(11-16)21(25)23-22-24(7-10-28-3)17-12-18-19(13-20(17)30-22)27-9-8-26-18/h4-6,11-14H,7-10H2,1-3H3. The topological polar surface area (TPSA) is 52.8 Å². The molecule has 0 saturated heterocycles. The van der Waals surface area contributed by atoms with Crippen LogP contribution in [0.5, 0.6) is 11.5 Å². The van der Waals surface area contributed by atoms with Gasteiger partial charge in [0.1, 0.15) is 13.2 Å². The van der Waals surface area contributed by atoms with E-state index in [1.807, 2.05) is 36.4 Å². The van der Waals surface area contributed by atoms with Gasteiger partial charge in [-0.15, -0.1) is 11.8 Å². The number of ether oxygens (including phenoxy) is 2. The third kappa shape index (κ3) is 4.71. The molecule has 0 atom stereocenters. The molecule has 1 amide bonds. The van der Waals surface area contributed by atoms with Crippen LogP contribution in [0, 0.1) is 0 Å². The molecular formula is C22H24N2O3S3. The molecule has 8 heteroatoms. The van der Waals surface area contributed by atoms with Crippen LogP contribution in [0.25, 0.3) is 10.2 Å². The normalized spacial score (nSPS) is 13.9. The van der Waals surface area contributed by atoms with E-state index < -0.39 is 0 Å². The van der Waals surface area contributed by atoms with Crippen molar-refractivity contribution >= 4 is 51.0 Å². The van der Waals surface area contributed by atoms with Gasteiger partial charge < -0.3 is 14.0 Å². The van der Waals surface area contributed by atoms with Crippen molar-refractivity contribution in [2.24, 2.45) is 4.99 Å². The molecule has 0 saturated carbocycles. The number of thioether (sulfide) groups is 2. The van der Waals surface area contributed by atoms with Gasteiger partial charge >= 0.3 is 0 Å². The lowest BCUT2D eigenvalue weighted by Gasteiger charge is -2.18. The van der Waals surface area contributed by atoms with Gasteiger partial charge in [-0.25, -0.2) is 0 Å². The Morgan fingerprint density at radius 3 is 2.70 bits per heavy atom. The summed E-state index contributed by atoms with van der Waals surface area (Å²) >= 11 is 5.02. The van der Waals surface area contributed by atoms with E-state index in [1.54, 1.807) is 23.5 Å². The summed E-state index contributed by atoms with van der Waals surface area (Å²) in [4.78, 5) is 19.3. The molecule has 1 aliphatic rings. The Bertz CT molecular complexity index is 1130. The zero-order valence-electron chi connectivity index (χ0n) is 17.2. The first kappa shape index (κ1) is 21.3. The third-order valence-electron chi connectivity index (χ3n) is 4.52. The summed E-state index contributed by atoms with van der Waals surface area (Å²) in [6.45, 7) is 6.16. The average Bonchev–Trinajstić information content (AvgIpc) is 3.05. The van der Waals surface area contributed by atoms with Crippen molar-refractivity contribution in [3.8, 4) is 11.5 Å². The van der Waals surface area contributed by atoms with E-state index in [2.05, 4.69) is 29.7 Å². The van der Waals surface area contributed by atoms with Crippen molar-refractivity contribution in [1.82, 2.24) is 4.57 Å². The Morgan fingerprint density at radius 2 is 1.97 bits per heavy atom. The van der Waals surface area contributed by atoms with Crippen LogP contribution in [0.1, 0.15) is 24.2 Å². The lowest BCUT2D eigenvalue weighted by molar-refractivity contribution is 0.0997. The number of carbonyl (C=O) groups is 1. The van der Waals surface area contributed by atoms with Gasteiger partial charge in [0.05, 0.1) is 10.2 Å². The number of aryl methyl sites for hydroxylation is 1. The number of nitrogens with zero attached hydrogens (tertiary/aromatic N) is 2. The molecular weight excluding hydrogens is 436 g/mol. The Kier molecular flexibility index (Phi) is 6.75. The van der Waals surface area contributed by atoms with Crippen molar-refractivity contribution in [2.45, 2.75) is 30.5 Å². The van der Waals surface area contributed by atoms with Crippen molar-refractivity contribution in [2.75, 3.05) is 25.2 Å². The Hall–Kier alpha value is -1.90. The minimum absolute atomic E-state index is 0.220. The zero-order chi connectivity index (χ0) is 21.1. The summed E-state index contributed by atoms with van der Waals surface area (Å²) < 4.78 is 14.6. The quantitative estimate of drug-likeness (QED) is 0.480. The molecule has 30 heavy (non-hydrogen) atoms. The Labute approximate surface area is 188 Å². The first-order valence-electron chi connectivity index (χ1n) is 9.83. The number of fused-ring (bicyclic) bond motifs is 2. The van der Waals surface area contributed by atoms with Gasteiger partial charge in [-0.3, -0.25) is 4.79 Å². The van der Waals surface area contributed by atoms with Crippen LogP contribution in [0.4, 0.5) is 0 Å². The molecule has 1 aromatic heterocycles. The summed E-state index contributed by atoms with van der Waals surface area (Å²) in [7, 11) is 0. The number of thiazole rings is 1. The van der Waals surface area contributed by atoms with Crippen LogP contribution in [0.3, 0.4) is 0 Å². The molecule has 2 heterocycles. The number of rotatable bonds is 6. The molecule has 0 fully saturated rings. The fourth-order valence-corrected chi connectivity index (χ4v) is 5.54. The highest BCUT2D eigenvalue weighted by Gasteiger charge is 2.17. The van der Waals surface area contributed by atoms with E-state index in [0.717, 1.165) is 38.9 Å². The van der Waals surface area contributed by atoms with Gasteiger partial charge in [0.15, 0.2) is 16.3 Å². The predicted molar refractivity (Wildman–Crippen MR) is 127 cm³/mol. The van der Waals surface area contributed by atoms with E-state index in [0.29, 0.717) is 28.8 Å². The van der Waals surface area contributed by atoms with E-state index in [1.165, 1.54) is 11.3 Å². The highest BCUT2D eigenvalue weighted by Crippen LogP contribution is 2.35. The Balaban J connectivity index is 1.76. The zero-order valence-corrected chi connectivity index (χ0v) is 19.7. The van der Waals surface area contributed by atoms with Crippen molar-refractivity contribution in [1.29, 1.82) is 0 Å². The van der Waals surface area contributed by atoms with Crippen LogP contribution in [0.15, 0.2) is 46.3 Å². The second-order valence-corrected chi connectivity index (χ2v) is 10.7. The molecule has 0 unspecified atom stereocenters. The van der Waals surface area contributed by atoms with Crippen LogP contribution in [-0.2, 0) is 6.54 Å². The maximum absolute atomic E-state index is 13.0. The molecule has 0 bridgehead atoms. The van der Waals surface area contributed by atoms with Gasteiger partial charge in [-0.2, -0.15) is 16.8 Å². The van der Waals surface area contributed by atoms with E-state index >= 15 is 0 Å². The summed E-state index contributed by atoms with van der Waals surface area (Å²) in [5.41, 5.74) is 1.63. The van der Waals surface area contributed by atoms with Gasteiger partial charge in [0, 0.05) is 40.1 Å². The minimum Gasteiger partial charge on any atom is -0.486 e. The number of aromatic nitrogens is 1. The fourth-order valence-electron chi connectivity index (χ4n) is 3.22. The summed E-state index contributed by atoms with van der Waals surface area (Å²) in [6.07, 6.45) is 2.08. The molecule has 3 aromatic rings. The third-order valence-corrected chi connectivity index (χ3v) is 7.15. The predicted octanol–water partition coefficient (Wildman–Crippen LogP) is 5.08. The molecule has 5 nitrogen and oxygen atoms in total. The van der Waals surface area contributed by atoms with Gasteiger partial charge in [-0.05, 0) is 24.5 Å². The van der Waals surface area contributed by atoms with E-state index in [9.17, 15) is 4.79 Å². The largest absolute Gasteiger partial charge is 0.486 e. The lowest BCUT2D eigenvalue weighted by Crippen LogP contribution is -2.18. The summed E-state index contributed by atoms with van der Waals surface area (Å²) in [5, 5.41) is 0.457. The van der Waals surface area contributed by atoms with Gasteiger partial charge in [0.2, 0.25) is 0 Å². The Morgan fingerprint density at radius 1 is 1.20 bits per heavy atom. The smallest absolute Gasteiger partial charge is 0.279 e. The van der Waals surface area contributed by atoms with Crippen LogP contribution >= 0.6 is 34.9 Å². The first-order valence-corrected chi connectivity index (χ1v) is 12.9. The molecule has 1 aliphatic heterocycles. The molecule has 0 aliphatic carbocycles. The molecule has 4 rings (SSSR count). The van der Waals surface area contributed by atoms with Crippen molar-refractivity contribution in [3.63, 3.8) is 0 Å². The second kappa shape index (κ2) is 9.49. The van der Waals surface area contributed by atoms with Crippen LogP contribution in [0.2, 0.25) is 0 Å². The molecule has 0 N–H and O–H groups in total. The molecule has 2 aromatic carbocycles. The number of hydrogen-bond donors (Lipinski definition) is 0. The molecule has 0 spiro atoms. The van der Waals surface area contributed by atoms with E-state index in [4.69, 9.17) is 9.47 Å². The van der Waals surface area contributed by atoms with Crippen LogP contribution in [-0.4, -0.2) is 40.9 Å². The maximum Gasteiger partial charge on any atom is 0.279 e. The maximum atomic E-state index is 13.0. The number of benzene rings is 2. The van der Waals surface area contributed by atoms with Gasteiger partial charge in [0.25, 0.3) is 5.91 Å². The van der Waals surface area contributed by atoms with Gasteiger partial charge in [-0.1, -0.05) is 31.3 Å². The first-order chi connectivity index (χ1) is 14.5. The number of carbonyl (C=O) groups excluding carboxylic acids is 1. The average molecular weight is 461 g/mol.